The lowest BCUT2D eigenvalue weighted by molar-refractivity contribution is 0.405. The molecule has 0 N–H and O–H groups in total. The fraction of sp³-hybridized carbons (Fsp3) is 0.462. The summed E-state index contributed by atoms with van der Waals surface area (Å²) < 4.78 is 3.36. The molecule has 2 aromatic rings. The zero-order valence-electron chi connectivity index (χ0n) is 10.2. The SMILES string of the molecule is Cc1c(Br)ccc2ncc(CC(C)(C)C)n12. The Morgan fingerprint density at radius 2 is 2.00 bits per heavy atom. The molecule has 0 aliphatic rings. The van der Waals surface area contributed by atoms with Gasteiger partial charge in [0.05, 0.1) is 0 Å². The lowest BCUT2D eigenvalue weighted by Gasteiger charge is -2.18. The second-order valence-electron chi connectivity index (χ2n) is 5.45. The van der Waals surface area contributed by atoms with Crippen molar-refractivity contribution in [1.82, 2.24) is 9.38 Å². The molecule has 0 aromatic carbocycles. The lowest BCUT2D eigenvalue weighted by Crippen LogP contribution is -2.11. The van der Waals surface area contributed by atoms with E-state index in [4.69, 9.17) is 0 Å². The number of hydrogen-bond acceptors (Lipinski definition) is 1. The van der Waals surface area contributed by atoms with Crippen LogP contribution < -0.4 is 0 Å². The van der Waals surface area contributed by atoms with Gasteiger partial charge in [0, 0.05) is 22.1 Å². The summed E-state index contributed by atoms with van der Waals surface area (Å²) in [6, 6.07) is 4.10. The molecule has 0 spiro atoms. The second-order valence-corrected chi connectivity index (χ2v) is 6.30. The van der Waals surface area contributed by atoms with Gasteiger partial charge in [-0.2, -0.15) is 0 Å². The average Bonchev–Trinajstić information content (AvgIpc) is 2.53. The van der Waals surface area contributed by atoms with Crippen LogP contribution in [0.25, 0.3) is 5.65 Å². The minimum Gasteiger partial charge on any atom is -0.300 e. The molecule has 0 bridgehead atoms. The van der Waals surface area contributed by atoms with E-state index >= 15 is 0 Å². The summed E-state index contributed by atoms with van der Waals surface area (Å²) in [4.78, 5) is 4.45. The molecule has 0 radical (unpaired) electrons. The number of hydrogen-bond donors (Lipinski definition) is 0. The molecule has 0 saturated heterocycles. The number of rotatable bonds is 1. The molecule has 2 heterocycles. The van der Waals surface area contributed by atoms with E-state index in [9.17, 15) is 0 Å². The highest BCUT2D eigenvalue weighted by Crippen LogP contribution is 2.24. The molecule has 0 aliphatic heterocycles. The highest BCUT2D eigenvalue weighted by Gasteiger charge is 2.15. The predicted octanol–water partition coefficient (Wildman–Crippen LogP) is 3.99. The van der Waals surface area contributed by atoms with Crippen molar-refractivity contribution in [2.75, 3.05) is 0 Å². The molecule has 0 unspecified atom stereocenters. The molecule has 0 fully saturated rings. The number of pyridine rings is 1. The van der Waals surface area contributed by atoms with E-state index in [0.29, 0.717) is 0 Å². The van der Waals surface area contributed by atoms with Crippen LogP contribution in [0.4, 0.5) is 0 Å². The number of aryl methyl sites for hydroxylation is 1. The molecule has 0 saturated carbocycles. The van der Waals surface area contributed by atoms with Crippen molar-refractivity contribution in [2.45, 2.75) is 34.1 Å². The Balaban J connectivity index is 2.59. The zero-order valence-corrected chi connectivity index (χ0v) is 11.8. The maximum absolute atomic E-state index is 4.45. The first kappa shape index (κ1) is 11.6. The lowest BCUT2D eigenvalue weighted by atomic mass is 9.91. The monoisotopic (exact) mass is 280 g/mol. The fourth-order valence-electron chi connectivity index (χ4n) is 1.95. The van der Waals surface area contributed by atoms with Crippen molar-refractivity contribution in [3.63, 3.8) is 0 Å². The van der Waals surface area contributed by atoms with Crippen molar-refractivity contribution in [3.05, 3.63) is 34.2 Å². The van der Waals surface area contributed by atoms with Crippen LogP contribution >= 0.6 is 15.9 Å². The molecular weight excluding hydrogens is 264 g/mol. The molecular formula is C13H17BrN2. The normalized spacial score (nSPS) is 12.3. The van der Waals surface area contributed by atoms with Gasteiger partial charge in [-0.15, -0.1) is 0 Å². The third-order valence-corrected chi connectivity index (χ3v) is 3.47. The van der Waals surface area contributed by atoms with Gasteiger partial charge >= 0.3 is 0 Å². The van der Waals surface area contributed by atoms with Gasteiger partial charge in [-0.3, -0.25) is 0 Å². The van der Waals surface area contributed by atoms with Crippen molar-refractivity contribution in [3.8, 4) is 0 Å². The molecule has 3 heteroatoms. The van der Waals surface area contributed by atoms with Gasteiger partial charge in [-0.25, -0.2) is 4.98 Å². The Hall–Kier alpha value is -0.830. The van der Waals surface area contributed by atoms with Gasteiger partial charge in [-0.05, 0) is 46.8 Å². The third kappa shape index (κ3) is 2.14. The fourth-order valence-corrected chi connectivity index (χ4v) is 2.26. The van der Waals surface area contributed by atoms with Gasteiger partial charge in [0.15, 0.2) is 0 Å². The first-order chi connectivity index (χ1) is 7.38. The maximum Gasteiger partial charge on any atom is 0.137 e. The smallest absolute Gasteiger partial charge is 0.137 e. The first-order valence-corrected chi connectivity index (χ1v) is 6.29. The average molecular weight is 281 g/mol. The van der Waals surface area contributed by atoms with E-state index in [0.717, 1.165) is 16.5 Å². The molecule has 2 rings (SSSR count). The Labute approximate surface area is 105 Å². The van der Waals surface area contributed by atoms with Crippen LogP contribution in [0, 0.1) is 12.3 Å². The van der Waals surface area contributed by atoms with Gasteiger partial charge in [0.1, 0.15) is 5.65 Å². The van der Waals surface area contributed by atoms with Gasteiger partial charge in [-0.1, -0.05) is 20.8 Å². The summed E-state index contributed by atoms with van der Waals surface area (Å²) in [5.41, 5.74) is 3.81. The minimum atomic E-state index is 0.282. The number of nitrogens with zero attached hydrogens (tertiary/aromatic N) is 2. The molecule has 2 nitrogen and oxygen atoms in total. The number of imidazole rings is 1. The molecule has 16 heavy (non-hydrogen) atoms. The van der Waals surface area contributed by atoms with Crippen molar-refractivity contribution in [1.29, 1.82) is 0 Å². The highest BCUT2D eigenvalue weighted by atomic mass is 79.9. The Morgan fingerprint density at radius 3 is 2.62 bits per heavy atom. The van der Waals surface area contributed by atoms with Gasteiger partial charge in [0.25, 0.3) is 0 Å². The van der Waals surface area contributed by atoms with E-state index in [1.54, 1.807) is 0 Å². The standard InChI is InChI=1S/C13H17BrN2/c1-9-11(14)5-6-12-15-8-10(16(9)12)7-13(2,3)4/h5-6,8H,7H2,1-4H3. The molecule has 2 aromatic heterocycles. The van der Waals surface area contributed by atoms with Crippen LogP contribution in [0.2, 0.25) is 0 Å². The van der Waals surface area contributed by atoms with Crippen LogP contribution in [0.5, 0.6) is 0 Å². The van der Waals surface area contributed by atoms with Gasteiger partial charge in [0.2, 0.25) is 0 Å². The Kier molecular flexibility index (Phi) is 2.82. The molecule has 0 atom stereocenters. The molecule has 86 valence electrons. The van der Waals surface area contributed by atoms with E-state index in [-0.39, 0.29) is 5.41 Å². The first-order valence-electron chi connectivity index (χ1n) is 5.50. The summed E-state index contributed by atoms with van der Waals surface area (Å²) in [6.45, 7) is 8.87. The van der Waals surface area contributed by atoms with Crippen LogP contribution in [-0.2, 0) is 6.42 Å². The Bertz CT molecular complexity index is 520. The van der Waals surface area contributed by atoms with Crippen LogP contribution in [-0.4, -0.2) is 9.38 Å². The van der Waals surface area contributed by atoms with Crippen LogP contribution in [0.15, 0.2) is 22.8 Å². The van der Waals surface area contributed by atoms with E-state index in [1.807, 2.05) is 12.3 Å². The topological polar surface area (TPSA) is 17.3 Å². The maximum atomic E-state index is 4.45. The predicted molar refractivity (Wildman–Crippen MR) is 70.8 cm³/mol. The summed E-state index contributed by atoms with van der Waals surface area (Å²) in [6.07, 6.45) is 3.02. The Morgan fingerprint density at radius 1 is 1.31 bits per heavy atom. The summed E-state index contributed by atoms with van der Waals surface area (Å²) >= 11 is 3.57. The summed E-state index contributed by atoms with van der Waals surface area (Å²) in [5.74, 6) is 0. The van der Waals surface area contributed by atoms with E-state index in [2.05, 4.69) is 59.1 Å². The summed E-state index contributed by atoms with van der Waals surface area (Å²) in [5, 5.41) is 0. The molecule has 0 amide bonds. The number of aromatic nitrogens is 2. The van der Waals surface area contributed by atoms with Crippen LogP contribution in [0.3, 0.4) is 0 Å². The van der Waals surface area contributed by atoms with E-state index < -0.39 is 0 Å². The van der Waals surface area contributed by atoms with Crippen molar-refractivity contribution >= 4 is 21.6 Å². The number of halogens is 1. The largest absolute Gasteiger partial charge is 0.300 e. The van der Waals surface area contributed by atoms with E-state index in [1.165, 1.54) is 11.4 Å². The number of fused-ring (bicyclic) bond motifs is 1. The minimum absolute atomic E-state index is 0.282. The zero-order chi connectivity index (χ0) is 11.9. The highest BCUT2D eigenvalue weighted by molar-refractivity contribution is 9.10. The van der Waals surface area contributed by atoms with Gasteiger partial charge < -0.3 is 4.40 Å². The summed E-state index contributed by atoms with van der Waals surface area (Å²) in [7, 11) is 0. The van der Waals surface area contributed by atoms with Crippen molar-refractivity contribution < 1.29 is 0 Å². The quantitative estimate of drug-likeness (QED) is 0.772. The molecule has 0 aliphatic carbocycles. The van der Waals surface area contributed by atoms with Crippen LogP contribution in [0.1, 0.15) is 32.2 Å². The second kappa shape index (κ2) is 3.88. The third-order valence-electron chi connectivity index (χ3n) is 2.63. The van der Waals surface area contributed by atoms with Crippen molar-refractivity contribution in [2.24, 2.45) is 5.41 Å².